The Morgan fingerprint density at radius 3 is 2.44 bits per heavy atom. The Kier molecular flexibility index (Phi) is 6.24. The first-order valence-electron chi connectivity index (χ1n) is 8.13. The number of amides is 1. The van der Waals surface area contributed by atoms with E-state index in [0.717, 1.165) is 5.56 Å². The van der Waals surface area contributed by atoms with Gasteiger partial charge < -0.3 is 14.4 Å². The van der Waals surface area contributed by atoms with Crippen LogP contribution in [0.3, 0.4) is 0 Å². The number of epoxide rings is 1. The number of ketones is 1. The maximum atomic E-state index is 12.8. The van der Waals surface area contributed by atoms with Crippen molar-refractivity contribution < 1.29 is 27.8 Å². The quantitative estimate of drug-likeness (QED) is 0.638. The number of carbonyl (C=O) groups is 2. The Morgan fingerprint density at radius 1 is 1.32 bits per heavy atom. The summed E-state index contributed by atoms with van der Waals surface area (Å²) in [6, 6.07) is 8.59. The number of alkyl halides is 2. The van der Waals surface area contributed by atoms with Crippen LogP contribution in [-0.2, 0) is 25.5 Å². The summed E-state index contributed by atoms with van der Waals surface area (Å²) in [4.78, 5) is 26.7. The van der Waals surface area contributed by atoms with Crippen LogP contribution in [0.5, 0.6) is 0 Å². The van der Waals surface area contributed by atoms with Crippen LogP contribution < -0.4 is 0 Å². The van der Waals surface area contributed by atoms with Crippen LogP contribution >= 0.6 is 0 Å². The van der Waals surface area contributed by atoms with Crippen molar-refractivity contribution in [2.24, 2.45) is 5.92 Å². The van der Waals surface area contributed by atoms with Crippen molar-refractivity contribution in [3.05, 3.63) is 35.9 Å². The molecule has 0 spiro atoms. The smallest absolute Gasteiger partial charge is 0.345 e. The van der Waals surface area contributed by atoms with Crippen LogP contribution in [0.1, 0.15) is 19.4 Å². The molecule has 1 aliphatic rings. The van der Waals surface area contributed by atoms with Crippen molar-refractivity contribution >= 4 is 11.7 Å². The van der Waals surface area contributed by atoms with Gasteiger partial charge in [0.25, 0.3) is 0 Å². The van der Waals surface area contributed by atoms with Gasteiger partial charge in [0, 0.05) is 13.5 Å². The zero-order valence-electron chi connectivity index (χ0n) is 14.6. The summed E-state index contributed by atoms with van der Waals surface area (Å²) in [6.07, 6.45) is 0.337. The lowest BCUT2D eigenvalue weighted by molar-refractivity contribution is -0.155. The molecular weight excluding hydrogens is 332 g/mol. The fourth-order valence-corrected chi connectivity index (χ4v) is 2.64. The van der Waals surface area contributed by atoms with Gasteiger partial charge in [-0.05, 0) is 12.5 Å². The van der Waals surface area contributed by atoms with Crippen molar-refractivity contribution in [2.75, 3.05) is 20.3 Å². The van der Waals surface area contributed by atoms with Crippen molar-refractivity contribution in [1.29, 1.82) is 0 Å². The second-order valence-corrected chi connectivity index (χ2v) is 6.53. The van der Waals surface area contributed by atoms with Gasteiger partial charge in [-0.1, -0.05) is 37.3 Å². The lowest BCUT2D eigenvalue weighted by Gasteiger charge is -2.30. The molecule has 1 heterocycles. The van der Waals surface area contributed by atoms with Crippen molar-refractivity contribution in [3.8, 4) is 0 Å². The lowest BCUT2D eigenvalue weighted by Crippen LogP contribution is -2.50. The summed E-state index contributed by atoms with van der Waals surface area (Å²) in [6.45, 7) is 0.181. The second-order valence-electron chi connectivity index (χ2n) is 6.53. The molecule has 0 bridgehead atoms. The molecule has 0 aliphatic carbocycles. The monoisotopic (exact) mass is 355 g/mol. The highest BCUT2D eigenvalue weighted by atomic mass is 19.3. The molecular formula is C18H23F2NO4. The van der Waals surface area contributed by atoms with Gasteiger partial charge in [0.05, 0.1) is 25.2 Å². The van der Waals surface area contributed by atoms with Crippen molar-refractivity contribution in [2.45, 2.75) is 38.5 Å². The molecule has 1 aliphatic heterocycles. The summed E-state index contributed by atoms with van der Waals surface area (Å²) in [5, 5.41) is 0. The summed E-state index contributed by atoms with van der Waals surface area (Å²) in [5.41, 5.74) is 0.0256. The van der Waals surface area contributed by atoms with E-state index in [1.807, 2.05) is 30.3 Å². The van der Waals surface area contributed by atoms with E-state index in [0.29, 0.717) is 13.0 Å². The minimum Gasteiger partial charge on any atom is -0.361 e. The molecule has 25 heavy (non-hydrogen) atoms. The van der Waals surface area contributed by atoms with Gasteiger partial charge >= 0.3 is 6.61 Å². The Balaban J connectivity index is 2.13. The highest BCUT2D eigenvalue weighted by Gasteiger charge is 2.51. The van der Waals surface area contributed by atoms with E-state index in [1.165, 1.54) is 18.9 Å². The average molecular weight is 355 g/mol. The van der Waals surface area contributed by atoms with Gasteiger partial charge in [0.1, 0.15) is 5.60 Å². The van der Waals surface area contributed by atoms with Gasteiger partial charge in [-0.3, -0.25) is 9.59 Å². The molecule has 0 N–H and O–H groups in total. The number of carbonyl (C=O) groups excluding carboxylic acids is 2. The van der Waals surface area contributed by atoms with Crippen LogP contribution in [0.4, 0.5) is 8.78 Å². The first-order chi connectivity index (χ1) is 11.7. The molecule has 0 unspecified atom stereocenters. The van der Waals surface area contributed by atoms with Gasteiger partial charge in [-0.15, -0.1) is 0 Å². The molecule has 1 saturated heterocycles. The summed E-state index contributed by atoms with van der Waals surface area (Å²) >= 11 is 0. The third kappa shape index (κ3) is 5.06. The van der Waals surface area contributed by atoms with E-state index in [9.17, 15) is 18.4 Å². The number of ether oxygens (including phenoxy) is 2. The Morgan fingerprint density at radius 2 is 1.92 bits per heavy atom. The molecule has 5 nitrogen and oxygen atoms in total. The molecule has 1 fully saturated rings. The number of halogens is 2. The molecule has 138 valence electrons. The Bertz CT molecular complexity index is 604. The zero-order chi connectivity index (χ0) is 18.6. The Labute approximate surface area is 145 Å². The van der Waals surface area contributed by atoms with E-state index in [2.05, 4.69) is 4.74 Å². The van der Waals surface area contributed by atoms with E-state index in [-0.39, 0.29) is 5.78 Å². The number of hydrogen-bond acceptors (Lipinski definition) is 4. The number of benzene rings is 1. The van der Waals surface area contributed by atoms with Gasteiger partial charge in [-0.25, -0.2) is 0 Å². The largest absolute Gasteiger partial charge is 0.361 e. The van der Waals surface area contributed by atoms with E-state index >= 15 is 0 Å². The number of nitrogens with zero attached hydrogens (tertiary/aromatic N) is 1. The maximum Gasteiger partial charge on any atom is 0.345 e. The number of rotatable bonds is 9. The molecule has 3 atom stereocenters. The summed E-state index contributed by atoms with van der Waals surface area (Å²) < 4.78 is 33.8. The molecule has 0 aromatic heterocycles. The van der Waals surface area contributed by atoms with Crippen LogP contribution in [0.25, 0.3) is 0 Å². The topological polar surface area (TPSA) is 59.1 Å². The minimum atomic E-state index is -2.93. The van der Waals surface area contributed by atoms with Crippen LogP contribution in [0, 0.1) is 5.92 Å². The van der Waals surface area contributed by atoms with Crippen LogP contribution in [0.2, 0.25) is 0 Å². The number of Topliss-reactive ketones (excluding diaryl/α,β-unsaturated/α-hetero) is 1. The molecule has 2 rings (SSSR count). The first-order valence-corrected chi connectivity index (χ1v) is 8.13. The third-order valence-electron chi connectivity index (χ3n) is 4.38. The Hall–Kier alpha value is -1.86. The average Bonchev–Trinajstić information content (AvgIpc) is 3.35. The summed E-state index contributed by atoms with van der Waals surface area (Å²) in [7, 11) is 1.51. The molecule has 1 aromatic rings. The molecule has 1 amide bonds. The fourth-order valence-electron chi connectivity index (χ4n) is 2.64. The predicted octanol–water partition coefficient (Wildman–Crippen LogP) is 2.29. The molecule has 0 saturated carbocycles. The molecule has 7 heteroatoms. The highest BCUT2D eigenvalue weighted by Crippen LogP contribution is 2.30. The minimum absolute atomic E-state index is 0.186. The van der Waals surface area contributed by atoms with Gasteiger partial charge in [-0.2, -0.15) is 8.78 Å². The maximum absolute atomic E-state index is 12.8. The van der Waals surface area contributed by atoms with Crippen molar-refractivity contribution in [1.82, 2.24) is 4.90 Å². The molecule has 0 radical (unpaired) electrons. The first kappa shape index (κ1) is 19.5. The number of hydrogen-bond donors (Lipinski definition) is 0. The van der Waals surface area contributed by atoms with Crippen LogP contribution in [-0.4, -0.2) is 55.1 Å². The molecule has 1 aromatic carbocycles. The van der Waals surface area contributed by atoms with E-state index in [1.54, 1.807) is 6.92 Å². The standard InChI is InChI=1S/C18H23F2NO4/c1-12(10-24-17(19)20)16(23)21(3)14(15(22)18(2)11-25-18)9-13-7-5-4-6-8-13/h4-8,12,14,17H,9-11H2,1-3H3/t12-,14-,18+/m0/s1. The predicted molar refractivity (Wildman–Crippen MR) is 87.2 cm³/mol. The zero-order valence-corrected chi connectivity index (χ0v) is 14.6. The van der Waals surface area contributed by atoms with E-state index in [4.69, 9.17) is 4.74 Å². The normalized spacial score (nSPS) is 21.7. The van der Waals surface area contributed by atoms with Gasteiger partial charge in [0.2, 0.25) is 5.91 Å². The second kappa shape index (κ2) is 8.01. The summed E-state index contributed by atoms with van der Waals surface area (Å²) in [5.74, 6) is -1.38. The lowest BCUT2D eigenvalue weighted by atomic mass is 9.93. The fraction of sp³-hybridized carbons (Fsp3) is 0.556. The van der Waals surface area contributed by atoms with Gasteiger partial charge in [0.15, 0.2) is 5.78 Å². The highest BCUT2D eigenvalue weighted by molar-refractivity contribution is 5.96. The third-order valence-corrected chi connectivity index (χ3v) is 4.38. The number of likely N-dealkylation sites (N-methyl/N-ethyl adjacent to an activating group) is 1. The van der Waals surface area contributed by atoms with Crippen molar-refractivity contribution in [3.63, 3.8) is 0 Å². The van der Waals surface area contributed by atoms with E-state index < -0.39 is 36.7 Å². The SMILES string of the molecule is C[C@@H](COC(F)F)C(=O)N(C)[C@@H](Cc1ccccc1)C(=O)[C@@]1(C)CO1. The van der Waals surface area contributed by atoms with Crippen LogP contribution in [0.15, 0.2) is 30.3 Å².